The molecule has 4 nitrogen and oxygen atoms in total. The maximum absolute atomic E-state index is 13.4. The number of rotatable bonds is 9. The van der Waals surface area contributed by atoms with Crippen molar-refractivity contribution in [3.8, 4) is 0 Å². The van der Waals surface area contributed by atoms with Gasteiger partial charge in [0.05, 0.1) is 0 Å². The first-order valence-electron chi connectivity index (χ1n) is 13.1. The molecular formula is C30H39F6N3O. The summed E-state index contributed by atoms with van der Waals surface area (Å²) in [6.07, 6.45) is 3.27. The molecule has 0 amide bonds. The molecule has 0 radical (unpaired) electrons. The van der Waals surface area contributed by atoms with Crippen LogP contribution in [0.1, 0.15) is 77.9 Å². The lowest BCUT2D eigenvalue weighted by Gasteiger charge is -2.17. The van der Waals surface area contributed by atoms with Crippen molar-refractivity contribution in [1.82, 2.24) is 9.97 Å². The standard InChI is InChI=1S/C10H13F2NO.2C10H13F2N/c1-8(2)7-10(11,12)9-5-3-4-6-13(9)14;2*1-8(2)7-10(11,12)9-5-3-4-6-13-9/h3-6,8H,7H2,1-2H3;2*3-6,8H,7H2,1-2H3. The van der Waals surface area contributed by atoms with Gasteiger partial charge in [-0.3, -0.25) is 9.97 Å². The monoisotopic (exact) mass is 571 g/mol. The van der Waals surface area contributed by atoms with Crippen molar-refractivity contribution in [3.05, 3.63) is 95.5 Å². The topological polar surface area (TPSA) is 52.7 Å². The van der Waals surface area contributed by atoms with Crippen molar-refractivity contribution in [2.45, 2.75) is 78.6 Å². The average Bonchev–Trinajstić information content (AvgIpc) is 2.84. The lowest BCUT2D eigenvalue weighted by atomic mass is 10.0. The molecule has 0 fully saturated rings. The molecule has 0 spiro atoms. The second-order valence-electron chi connectivity index (χ2n) is 10.7. The summed E-state index contributed by atoms with van der Waals surface area (Å²) in [4.78, 5) is 7.31. The Kier molecular flexibility index (Phi) is 13.6. The van der Waals surface area contributed by atoms with Crippen LogP contribution in [0.5, 0.6) is 0 Å². The van der Waals surface area contributed by atoms with E-state index in [4.69, 9.17) is 0 Å². The predicted molar refractivity (Wildman–Crippen MR) is 144 cm³/mol. The van der Waals surface area contributed by atoms with Gasteiger partial charge in [-0.15, -0.1) is 0 Å². The molecule has 3 aromatic heterocycles. The third-order valence-electron chi connectivity index (χ3n) is 5.27. The molecule has 0 N–H and O–H groups in total. The van der Waals surface area contributed by atoms with Crippen LogP contribution >= 0.6 is 0 Å². The van der Waals surface area contributed by atoms with Crippen LogP contribution in [0.3, 0.4) is 0 Å². The number of pyridine rings is 3. The molecule has 0 aliphatic heterocycles. The van der Waals surface area contributed by atoms with Gasteiger partial charge in [-0.25, -0.2) is 0 Å². The van der Waals surface area contributed by atoms with Gasteiger partial charge >= 0.3 is 5.92 Å². The van der Waals surface area contributed by atoms with Crippen molar-refractivity contribution < 1.29 is 31.1 Å². The van der Waals surface area contributed by atoms with Gasteiger partial charge in [0.1, 0.15) is 11.4 Å². The zero-order valence-electron chi connectivity index (χ0n) is 23.8. The fourth-order valence-electron chi connectivity index (χ4n) is 3.72. The van der Waals surface area contributed by atoms with Gasteiger partial charge in [-0.05, 0) is 48.1 Å². The molecule has 0 bridgehead atoms. The van der Waals surface area contributed by atoms with Crippen molar-refractivity contribution >= 4 is 0 Å². The second kappa shape index (κ2) is 15.6. The van der Waals surface area contributed by atoms with Crippen LogP contribution in [0.2, 0.25) is 0 Å². The van der Waals surface area contributed by atoms with Gasteiger partial charge in [0, 0.05) is 43.8 Å². The van der Waals surface area contributed by atoms with Crippen molar-refractivity contribution in [3.63, 3.8) is 0 Å². The molecule has 0 aromatic carbocycles. The van der Waals surface area contributed by atoms with Gasteiger partial charge < -0.3 is 5.21 Å². The Morgan fingerprint density at radius 2 is 0.975 bits per heavy atom. The highest BCUT2D eigenvalue weighted by Crippen LogP contribution is 2.34. The van der Waals surface area contributed by atoms with Gasteiger partial charge in [0.25, 0.3) is 17.5 Å². The minimum atomic E-state index is -3.04. The van der Waals surface area contributed by atoms with Gasteiger partial charge in [-0.1, -0.05) is 53.7 Å². The Bertz CT molecular complexity index is 1050. The Hall–Kier alpha value is -3.17. The van der Waals surface area contributed by atoms with E-state index in [1.807, 2.05) is 0 Å². The highest BCUT2D eigenvalue weighted by molar-refractivity contribution is 5.10. The van der Waals surface area contributed by atoms with Crippen LogP contribution in [-0.4, -0.2) is 9.97 Å². The molecule has 3 heterocycles. The van der Waals surface area contributed by atoms with Crippen molar-refractivity contribution in [2.24, 2.45) is 17.8 Å². The van der Waals surface area contributed by atoms with E-state index in [0.29, 0.717) is 0 Å². The minimum absolute atomic E-state index is 0.0305. The normalized spacial score (nSPS) is 12.1. The van der Waals surface area contributed by atoms with E-state index in [2.05, 4.69) is 9.97 Å². The van der Waals surface area contributed by atoms with Gasteiger partial charge in [-0.2, -0.15) is 31.1 Å². The molecule has 0 aliphatic carbocycles. The van der Waals surface area contributed by atoms with E-state index < -0.39 is 23.5 Å². The maximum atomic E-state index is 13.4. The molecule has 10 heteroatoms. The average molecular weight is 572 g/mol. The largest absolute Gasteiger partial charge is 0.618 e. The van der Waals surface area contributed by atoms with E-state index >= 15 is 0 Å². The first-order chi connectivity index (χ1) is 18.5. The fourth-order valence-corrected chi connectivity index (χ4v) is 3.72. The fraction of sp³-hybridized carbons (Fsp3) is 0.500. The number of nitrogens with zero attached hydrogens (tertiary/aromatic N) is 3. The smallest absolute Gasteiger partial charge is 0.331 e. The number of hydrogen-bond donors (Lipinski definition) is 0. The summed E-state index contributed by atoms with van der Waals surface area (Å²) in [7, 11) is 0. The number of aromatic nitrogens is 3. The van der Waals surface area contributed by atoms with Crippen molar-refractivity contribution in [2.75, 3.05) is 0 Å². The lowest BCUT2D eigenvalue weighted by molar-refractivity contribution is -0.625. The molecule has 3 aromatic rings. The highest BCUT2D eigenvalue weighted by atomic mass is 19.3. The van der Waals surface area contributed by atoms with E-state index in [9.17, 15) is 31.5 Å². The Morgan fingerprint density at radius 1 is 0.600 bits per heavy atom. The minimum Gasteiger partial charge on any atom is -0.618 e. The number of halogens is 6. The number of alkyl halides is 6. The van der Waals surface area contributed by atoms with E-state index in [0.717, 1.165) is 12.3 Å². The first-order valence-corrected chi connectivity index (χ1v) is 13.1. The molecular weight excluding hydrogens is 532 g/mol. The Morgan fingerprint density at radius 3 is 1.30 bits per heavy atom. The molecule has 0 unspecified atom stereocenters. The summed E-state index contributed by atoms with van der Waals surface area (Å²) >= 11 is 0. The summed E-state index contributed by atoms with van der Waals surface area (Å²) in [5, 5.41) is 11.1. The third kappa shape index (κ3) is 12.3. The summed E-state index contributed by atoms with van der Waals surface area (Å²) in [5.74, 6) is -8.85. The summed E-state index contributed by atoms with van der Waals surface area (Å²) in [6.45, 7) is 10.5. The zero-order valence-corrected chi connectivity index (χ0v) is 23.8. The van der Waals surface area contributed by atoms with Gasteiger partial charge in [0.15, 0.2) is 6.20 Å². The number of hydrogen-bond acceptors (Lipinski definition) is 3. The predicted octanol–water partition coefficient (Wildman–Crippen LogP) is 8.90. The Labute approximate surface area is 233 Å². The summed E-state index contributed by atoms with van der Waals surface area (Å²) in [5.41, 5.74) is -0.749. The van der Waals surface area contributed by atoms with Crippen molar-refractivity contribution in [1.29, 1.82) is 0 Å². The summed E-state index contributed by atoms with van der Waals surface area (Å²) < 4.78 is 80.5. The summed E-state index contributed by atoms with van der Waals surface area (Å²) in [6, 6.07) is 13.2. The van der Waals surface area contributed by atoms with E-state index in [1.54, 1.807) is 65.8 Å². The molecule has 3 rings (SSSR count). The quantitative estimate of drug-likeness (QED) is 0.146. The highest BCUT2D eigenvalue weighted by Gasteiger charge is 2.39. The van der Waals surface area contributed by atoms with Crippen LogP contribution < -0.4 is 4.73 Å². The van der Waals surface area contributed by atoms with Gasteiger partial charge in [0.2, 0.25) is 0 Å². The van der Waals surface area contributed by atoms with Crippen LogP contribution in [0.4, 0.5) is 26.3 Å². The second-order valence-corrected chi connectivity index (χ2v) is 10.7. The Balaban J connectivity index is 0.000000300. The molecule has 0 aliphatic rings. The maximum Gasteiger partial charge on any atom is 0.331 e. The third-order valence-corrected chi connectivity index (χ3v) is 5.27. The van der Waals surface area contributed by atoms with Crippen LogP contribution in [0, 0.1) is 23.0 Å². The molecule has 0 saturated heterocycles. The SMILES string of the molecule is CC(C)CC(F)(F)c1cccc[n+]1[O-].CC(C)CC(F)(F)c1ccccn1.CC(C)CC(F)(F)c1ccccn1. The van der Waals surface area contributed by atoms with E-state index in [-0.39, 0.29) is 53.1 Å². The zero-order chi connectivity index (χ0) is 30.6. The van der Waals surface area contributed by atoms with Crippen LogP contribution in [0.25, 0.3) is 0 Å². The van der Waals surface area contributed by atoms with Crippen LogP contribution in [-0.2, 0) is 17.8 Å². The van der Waals surface area contributed by atoms with E-state index in [1.165, 1.54) is 36.7 Å². The lowest BCUT2D eigenvalue weighted by Crippen LogP contribution is -2.38. The molecule has 0 atom stereocenters. The molecule has 40 heavy (non-hydrogen) atoms. The first kappa shape index (κ1) is 34.9. The molecule has 222 valence electrons. The molecule has 0 saturated carbocycles. The van der Waals surface area contributed by atoms with Crippen LogP contribution in [0.15, 0.2) is 73.2 Å².